The summed E-state index contributed by atoms with van der Waals surface area (Å²) in [5.74, 6) is 0.571. The van der Waals surface area contributed by atoms with Gasteiger partial charge in [0.1, 0.15) is 5.75 Å². The van der Waals surface area contributed by atoms with Crippen LogP contribution in [0.5, 0.6) is 5.75 Å². The van der Waals surface area contributed by atoms with Crippen molar-refractivity contribution in [2.45, 2.75) is 32.8 Å². The Kier molecular flexibility index (Phi) is 7.22. The van der Waals surface area contributed by atoms with Gasteiger partial charge in [-0.15, -0.1) is 0 Å². The number of rotatable bonds is 6. The molecule has 25 heavy (non-hydrogen) atoms. The predicted octanol–water partition coefficient (Wildman–Crippen LogP) is 4.57. The molecule has 0 radical (unpaired) electrons. The highest BCUT2D eigenvalue weighted by atomic mass is 35.5. The van der Waals surface area contributed by atoms with Crippen LogP contribution in [0, 0.1) is 0 Å². The molecule has 6 heteroatoms. The number of thiocarbonyl (C=S) groups is 1. The molecule has 1 amide bonds. The number of ether oxygens (including phenoxy) is 1. The van der Waals surface area contributed by atoms with Gasteiger partial charge < -0.3 is 15.4 Å². The molecule has 2 N–H and O–H groups in total. The van der Waals surface area contributed by atoms with Gasteiger partial charge in [0.2, 0.25) is 5.91 Å². The van der Waals surface area contributed by atoms with Gasteiger partial charge in [-0.1, -0.05) is 36.7 Å². The lowest BCUT2D eigenvalue weighted by atomic mass is 10.1. The summed E-state index contributed by atoms with van der Waals surface area (Å²) in [6.45, 7) is 4.08. The van der Waals surface area contributed by atoms with Crippen LogP contribution in [0.1, 0.15) is 25.8 Å². The van der Waals surface area contributed by atoms with E-state index >= 15 is 0 Å². The Morgan fingerprint density at radius 3 is 2.64 bits per heavy atom. The van der Waals surface area contributed by atoms with Crippen LogP contribution < -0.4 is 15.4 Å². The molecule has 132 valence electrons. The Morgan fingerprint density at radius 1 is 1.24 bits per heavy atom. The van der Waals surface area contributed by atoms with E-state index in [2.05, 4.69) is 17.6 Å². The minimum absolute atomic E-state index is 0.140. The fraction of sp³-hybridized carbons (Fsp3) is 0.263. The summed E-state index contributed by atoms with van der Waals surface area (Å²) in [6.07, 6.45) is 1.30. The second-order valence-electron chi connectivity index (χ2n) is 5.67. The maximum absolute atomic E-state index is 12.1. The van der Waals surface area contributed by atoms with E-state index in [1.165, 1.54) is 0 Å². The first kappa shape index (κ1) is 19.2. The zero-order valence-electron chi connectivity index (χ0n) is 14.2. The minimum atomic E-state index is -0.188. The molecule has 2 aromatic rings. The van der Waals surface area contributed by atoms with Crippen molar-refractivity contribution in [2.24, 2.45) is 0 Å². The molecular formula is C19H21ClN2O2S. The van der Waals surface area contributed by atoms with Crippen LogP contribution in [-0.4, -0.2) is 17.1 Å². The molecular weight excluding hydrogens is 356 g/mol. The van der Waals surface area contributed by atoms with Crippen molar-refractivity contribution < 1.29 is 9.53 Å². The standard InChI is InChI=1S/C19H21ClN2O2S/c1-3-13(2)24-17-6-4-5-16(12-17)21-19(25)22-18(23)11-14-7-9-15(20)10-8-14/h4-10,12-13H,3,11H2,1-2H3,(H2,21,22,23,25). The number of hydrogen-bond acceptors (Lipinski definition) is 3. The van der Waals surface area contributed by atoms with Gasteiger partial charge in [-0.25, -0.2) is 0 Å². The van der Waals surface area contributed by atoms with E-state index in [1.807, 2.05) is 43.3 Å². The molecule has 0 heterocycles. The summed E-state index contributed by atoms with van der Waals surface area (Å²) < 4.78 is 5.77. The topological polar surface area (TPSA) is 50.4 Å². The van der Waals surface area contributed by atoms with E-state index in [0.29, 0.717) is 5.02 Å². The summed E-state index contributed by atoms with van der Waals surface area (Å²) in [5.41, 5.74) is 1.63. The first-order valence-corrected chi connectivity index (χ1v) is 8.87. The van der Waals surface area contributed by atoms with Crippen LogP contribution >= 0.6 is 23.8 Å². The zero-order valence-corrected chi connectivity index (χ0v) is 15.8. The zero-order chi connectivity index (χ0) is 18.2. The Hall–Kier alpha value is -2.11. The van der Waals surface area contributed by atoms with Crippen molar-refractivity contribution in [1.82, 2.24) is 5.32 Å². The number of carbonyl (C=O) groups is 1. The van der Waals surface area contributed by atoms with Gasteiger partial charge in [0.05, 0.1) is 12.5 Å². The number of nitrogens with one attached hydrogen (secondary N) is 2. The molecule has 1 atom stereocenters. The second-order valence-corrected chi connectivity index (χ2v) is 6.51. The third-order valence-electron chi connectivity index (χ3n) is 3.53. The molecule has 0 saturated heterocycles. The summed E-state index contributed by atoms with van der Waals surface area (Å²) in [5, 5.41) is 6.56. The fourth-order valence-electron chi connectivity index (χ4n) is 2.08. The lowest BCUT2D eigenvalue weighted by Crippen LogP contribution is -2.35. The lowest BCUT2D eigenvalue weighted by Gasteiger charge is -2.14. The van der Waals surface area contributed by atoms with Crippen molar-refractivity contribution in [1.29, 1.82) is 0 Å². The molecule has 0 aromatic heterocycles. The van der Waals surface area contributed by atoms with Gasteiger partial charge in [-0.2, -0.15) is 0 Å². The number of benzene rings is 2. The van der Waals surface area contributed by atoms with Gasteiger partial charge in [0, 0.05) is 16.8 Å². The van der Waals surface area contributed by atoms with E-state index in [-0.39, 0.29) is 23.5 Å². The van der Waals surface area contributed by atoms with Crippen molar-refractivity contribution in [3.8, 4) is 5.75 Å². The summed E-state index contributed by atoms with van der Waals surface area (Å²) in [6, 6.07) is 14.6. The van der Waals surface area contributed by atoms with Crippen molar-refractivity contribution in [2.75, 3.05) is 5.32 Å². The number of anilines is 1. The average molecular weight is 377 g/mol. The third kappa shape index (κ3) is 6.72. The van der Waals surface area contributed by atoms with Crippen LogP contribution in [0.25, 0.3) is 0 Å². The van der Waals surface area contributed by atoms with E-state index in [4.69, 9.17) is 28.6 Å². The van der Waals surface area contributed by atoms with Crippen molar-refractivity contribution in [3.05, 3.63) is 59.1 Å². The molecule has 0 aliphatic rings. The van der Waals surface area contributed by atoms with E-state index in [0.717, 1.165) is 23.4 Å². The molecule has 0 aliphatic carbocycles. The van der Waals surface area contributed by atoms with Gasteiger partial charge in [0.25, 0.3) is 0 Å². The summed E-state index contributed by atoms with van der Waals surface area (Å²) >= 11 is 11.0. The monoisotopic (exact) mass is 376 g/mol. The average Bonchev–Trinajstić information content (AvgIpc) is 2.57. The highest BCUT2D eigenvalue weighted by Crippen LogP contribution is 2.19. The highest BCUT2D eigenvalue weighted by molar-refractivity contribution is 7.80. The maximum Gasteiger partial charge on any atom is 0.230 e. The van der Waals surface area contributed by atoms with Crippen LogP contribution in [0.2, 0.25) is 5.02 Å². The highest BCUT2D eigenvalue weighted by Gasteiger charge is 2.07. The molecule has 0 aliphatic heterocycles. The second kappa shape index (κ2) is 9.39. The largest absolute Gasteiger partial charge is 0.491 e. The first-order chi connectivity index (χ1) is 12.0. The third-order valence-corrected chi connectivity index (χ3v) is 3.99. The molecule has 0 bridgehead atoms. The van der Waals surface area contributed by atoms with Gasteiger partial charge in [-0.05, 0) is 55.4 Å². The molecule has 2 rings (SSSR count). The first-order valence-electron chi connectivity index (χ1n) is 8.08. The number of carbonyl (C=O) groups excluding carboxylic acids is 1. The number of hydrogen-bond donors (Lipinski definition) is 2. The SMILES string of the molecule is CCC(C)Oc1cccc(NC(=S)NC(=O)Cc2ccc(Cl)cc2)c1. The number of halogens is 1. The van der Waals surface area contributed by atoms with Gasteiger partial charge >= 0.3 is 0 Å². The Labute approximate surface area is 158 Å². The summed E-state index contributed by atoms with van der Waals surface area (Å²) in [4.78, 5) is 12.1. The van der Waals surface area contributed by atoms with Crippen molar-refractivity contribution >= 4 is 40.5 Å². The van der Waals surface area contributed by atoms with Gasteiger partial charge in [-0.3, -0.25) is 4.79 Å². The smallest absolute Gasteiger partial charge is 0.230 e. The molecule has 2 aromatic carbocycles. The lowest BCUT2D eigenvalue weighted by molar-refractivity contribution is -0.119. The van der Waals surface area contributed by atoms with Crippen LogP contribution in [-0.2, 0) is 11.2 Å². The van der Waals surface area contributed by atoms with E-state index in [1.54, 1.807) is 12.1 Å². The van der Waals surface area contributed by atoms with Crippen molar-refractivity contribution in [3.63, 3.8) is 0 Å². The predicted molar refractivity (Wildman–Crippen MR) is 106 cm³/mol. The molecule has 0 fully saturated rings. The minimum Gasteiger partial charge on any atom is -0.491 e. The molecule has 1 unspecified atom stereocenters. The van der Waals surface area contributed by atoms with Crippen LogP contribution in [0.3, 0.4) is 0 Å². The maximum atomic E-state index is 12.1. The van der Waals surface area contributed by atoms with Crippen LogP contribution in [0.4, 0.5) is 5.69 Å². The molecule has 4 nitrogen and oxygen atoms in total. The fourth-order valence-corrected chi connectivity index (χ4v) is 2.44. The molecule has 0 spiro atoms. The Morgan fingerprint density at radius 2 is 1.96 bits per heavy atom. The quantitative estimate of drug-likeness (QED) is 0.725. The molecule has 0 saturated carbocycles. The summed E-state index contributed by atoms with van der Waals surface area (Å²) in [7, 11) is 0. The number of amides is 1. The normalized spacial score (nSPS) is 11.5. The van der Waals surface area contributed by atoms with Crippen LogP contribution in [0.15, 0.2) is 48.5 Å². The van der Waals surface area contributed by atoms with E-state index in [9.17, 15) is 4.79 Å². The Bertz CT molecular complexity index is 734. The Balaban J connectivity index is 1.88. The van der Waals surface area contributed by atoms with E-state index < -0.39 is 0 Å². The van der Waals surface area contributed by atoms with Gasteiger partial charge in [0.15, 0.2) is 5.11 Å².